The van der Waals surface area contributed by atoms with Crippen molar-refractivity contribution in [2.75, 3.05) is 17.2 Å². The van der Waals surface area contributed by atoms with Crippen LogP contribution in [0, 0.1) is 0 Å². The first-order chi connectivity index (χ1) is 11.2. The van der Waals surface area contributed by atoms with Crippen LogP contribution in [0.2, 0.25) is 0 Å². The summed E-state index contributed by atoms with van der Waals surface area (Å²) in [5.74, 6) is 1.32. The van der Waals surface area contributed by atoms with Crippen molar-refractivity contribution in [1.82, 2.24) is 15.0 Å². The third-order valence-corrected chi connectivity index (χ3v) is 3.61. The van der Waals surface area contributed by atoms with Crippen molar-refractivity contribution < 1.29 is 0 Å². The number of nitrogens with one attached hydrogen (secondary N) is 2. The van der Waals surface area contributed by atoms with E-state index in [0.717, 1.165) is 33.8 Å². The molecule has 6 heteroatoms. The van der Waals surface area contributed by atoms with E-state index >= 15 is 0 Å². The Kier molecular flexibility index (Phi) is 4.83. The topological polar surface area (TPSA) is 62.7 Å². The summed E-state index contributed by atoms with van der Waals surface area (Å²) < 4.78 is 1.01. The van der Waals surface area contributed by atoms with E-state index in [2.05, 4.69) is 41.5 Å². The van der Waals surface area contributed by atoms with E-state index in [9.17, 15) is 0 Å². The van der Waals surface area contributed by atoms with Crippen molar-refractivity contribution in [1.29, 1.82) is 0 Å². The molecular weight excluding hydrogens is 354 g/mol. The van der Waals surface area contributed by atoms with Crippen LogP contribution in [0.25, 0.3) is 11.3 Å². The largest absolute Gasteiger partial charge is 0.354 e. The Bertz CT molecular complexity index is 792. The number of benzene rings is 1. The number of halogens is 1. The number of anilines is 3. The second kappa shape index (κ2) is 7.19. The molecule has 0 aliphatic heterocycles. The summed E-state index contributed by atoms with van der Waals surface area (Å²) in [5, 5.41) is 6.48. The number of rotatable bonds is 5. The van der Waals surface area contributed by atoms with Gasteiger partial charge in [0.15, 0.2) is 0 Å². The van der Waals surface area contributed by atoms with Crippen LogP contribution in [0.4, 0.5) is 17.5 Å². The lowest BCUT2D eigenvalue weighted by molar-refractivity contribution is 1.09. The molecule has 0 radical (unpaired) electrons. The van der Waals surface area contributed by atoms with Gasteiger partial charge in [0.2, 0.25) is 5.95 Å². The minimum atomic E-state index is 0.589. The Balaban J connectivity index is 1.97. The fourth-order valence-corrected chi connectivity index (χ4v) is 2.52. The van der Waals surface area contributed by atoms with E-state index in [1.807, 2.05) is 49.4 Å². The van der Waals surface area contributed by atoms with Crippen LogP contribution in [0.5, 0.6) is 0 Å². The zero-order valence-electron chi connectivity index (χ0n) is 12.6. The first-order valence-corrected chi connectivity index (χ1v) is 8.10. The maximum absolute atomic E-state index is 4.54. The minimum Gasteiger partial charge on any atom is -0.354 e. The average molecular weight is 370 g/mol. The minimum absolute atomic E-state index is 0.589. The first-order valence-electron chi connectivity index (χ1n) is 7.30. The normalized spacial score (nSPS) is 10.3. The molecule has 0 amide bonds. The smallest absolute Gasteiger partial charge is 0.225 e. The van der Waals surface area contributed by atoms with Gasteiger partial charge in [-0.2, -0.15) is 4.98 Å². The van der Waals surface area contributed by atoms with Gasteiger partial charge >= 0.3 is 0 Å². The lowest BCUT2D eigenvalue weighted by atomic mass is 10.2. The van der Waals surface area contributed by atoms with E-state index in [1.54, 1.807) is 12.4 Å². The Morgan fingerprint density at radius 2 is 2.00 bits per heavy atom. The Morgan fingerprint density at radius 3 is 2.74 bits per heavy atom. The van der Waals surface area contributed by atoms with Crippen LogP contribution in [0.15, 0.2) is 59.3 Å². The van der Waals surface area contributed by atoms with Gasteiger partial charge in [-0.1, -0.05) is 22.0 Å². The molecule has 2 N–H and O–H groups in total. The van der Waals surface area contributed by atoms with Crippen LogP contribution >= 0.6 is 15.9 Å². The first kappa shape index (κ1) is 15.4. The van der Waals surface area contributed by atoms with Crippen molar-refractivity contribution >= 4 is 33.4 Å². The van der Waals surface area contributed by atoms with E-state index in [1.165, 1.54) is 0 Å². The molecule has 3 rings (SSSR count). The van der Waals surface area contributed by atoms with Crippen LogP contribution in [-0.4, -0.2) is 21.5 Å². The molecule has 0 bridgehead atoms. The van der Waals surface area contributed by atoms with Gasteiger partial charge in [0.25, 0.3) is 0 Å². The summed E-state index contributed by atoms with van der Waals surface area (Å²) in [6.07, 6.45) is 3.54. The van der Waals surface area contributed by atoms with Gasteiger partial charge < -0.3 is 10.6 Å². The van der Waals surface area contributed by atoms with Gasteiger partial charge in [-0.05, 0) is 37.3 Å². The second-order valence-corrected chi connectivity index (χ2v) is 5.79. The van der Waals surface area contributed by atoms with Gasteiger partial charge in [-0.3, -0.25) is 4.98 Å². The molecule has 0 spiro atoms. The lowest BCUT2D eigenvalue weighted by Crippen LogP contribution is -2.05. The molecule has 116 valence electrons. The number of aromatic nitrogens is 3. The van der Waals surface area contributed by atoms with Gasteiger partial charge in [-0.25, -0.2) is 4.98 Å². The van der Waals surface area contributed by atoms with E-state index in [0.29, 0.717) is 5.95 Å². The van der Waals surface area contributed by atoms with Crippen molar-refractivity contribution in [2.24, 2.45) is 0 Å². The monoisotopic (exact) mass is 369 g/mol. The molecule has 0 unspecified atom stereocenters. The van der Waals surface area contributed by atoms with Crippen molar-refractivity contribution in [2.45, 2.75) is 6.92 Å². The third kappa shape index (κ3) is 4.04. The summed E-state index contributed by atoms with van der Waals surface area (Å²) in [6.45, 7) is 2.77. The average Bonchev–Trinajstić information content (AvgIpc) is 2.56. The summed E-state index contributed by atoms with van der Waals surface area (Å²) in [4.78, 5) is 13.2. The highest BCUT2D eigenvalue weighted by molar-refractivity contribution is 9.10. The summed E-state index contributed by atoms with van der Waals surface area (Å²) >= 11 is 3.47. The predicted octanol–water partition coefficient (Wildman–Crippen LogP) is 4.48. The Hall–Kier alpha value is -2.47. The molecule has 1 aromatic carbocycles. The van der Waals surface area contributed by atoms with E-state index in [-0.39, 0.29) is 0 Å². The second-order valence-electron chi connectivity index (χ2n) is 4.87. The quantitative estimate of drug-likeness (QED) is 0.694. The molecule has 0 atom stereocenters. The highest BCUT2D eigenvalue weighted by Crippen LogP contribution is 2.24. The molecule has 0 saturated carbocycles. The predicted molar refractivity (Wildman–Crippen MR) is 96.9 cm³/mol. The summed E-state index contributed by atoms with van der Waals surface area (Å²) in [5.41, 5.74) is 2.73. The molecule has 0 saturated heterocycles. The fraction of sp³-hybridized carbons (Fsp3) is 0.118. The van der Waals surface area contributed by atoms with Crippen molar-refractivity contribution in [3.05, 3.63) is 59.3 Å². The highest BCUT2D eigenvalue weighted by atomic mass is 79.9. The Labute approximate surface area is 143 Å². The zero-order valence-corrected chi connectivity index (χ0v) is 14.2. The Morgan fingerprint density at radius 1 is 1.09 bits per heavy atom. The molecule has 23 heavy (non-hydrogen) atoms. The number of hydrogen-bond donors (Lipinski definition) is 2. The van der Waals surface area contributed by atoms with Gasteiger partial charge in [0.05, 0.1) is 5.69 Å². The maximum Gasteiger partial charge on any atom is 0.225 e. The summed E-state index contributed by atoms with van der Waals surface area (Å²) in [7, 11) is 0. The number of nitrogens with zero attached hydrogens (tertiary/aromatic N) is 3. The van der Waals surface area contributed by atoms with Gasteiger partial charge in [0.1, 0.15) is 5.82 Å². The molecular formula is C17H16BrN5. The number of hydrogen-bond acceptors (Lipinski definition) is 5. The molecule has 0 fully saturated rings. The van der Waals surface area contributed by atoms with Gasteiger partial charge in [0, 0.05) is 40.7 Å². The van der Waals surface area contributed by atoms with E-state index < -0.39 is 0 Å². The molecule has 2 aromatic heterocycles. The SMILES string of the molecule is CCNc1nc(Nc2cccc(Br)c2)cc(-c2cccnc2)n1. The van der Waals surface area contributed by atoms with Crippen LogP contribution < -0.4 is 10.6 Å². The molecule has 5 nitrogen and oxygen atoms in total. The maximum atomic E-state index is 4.54. The molecule has 2 heterocycles. The highest BCUT2D eigenvalue weighted by Gasteiger charge is 2.07. The van der Waals surface area contributed by atoms with Crippen molar-refractivity contribution in [3.63, 3.8) is 0 Å². The summed E-state index contributed by atoms with van der Waals surface area (Å²) in [6, 6.07) is 13.7. The van der Waals surface area contributed by atoms with Crippen LogP contribution in [0.1, 0.15) is 6.92 Å². The number of pyridine rings is 1. The zero-order chi connectivity index (χ0) is 16.1. The fourth-order valence-electron chi connectivity index (χ4n) is 2.12. The third-order valence-electron chi connectivity index (χ3n) is 3.12. The van der Waals surface area contributed by atoms with Crippen LogP contribution in [-0.2, 0) is 0 Å². The van der Waals surface area contributed by atoms with E-state index in [4.69, 9.17) is 0 Å². The van der Waals surface area contributed by atoms with Crippen molar-refractivity contribution in [3.8, 4) is 11.3 Å². The molecule has 0 aliphatic rings. The standard InChI is InChI=1S/C17H16BrN5/c1-2-20-17-22-15(12-5-4-8-19-11-12)10-16(23-17)21-14-7-3-6-13(18)9-14/h3-11H,2H2,1H3,(H2,20,21,22,23). The van der Waals surface area contributed by atoms with Gasteiger partial charge in [-0.15, -0.1) is 0 Å². The molecule has 3 aromatic rings. The van der Waals surface area contributed by atoms with Crippen LogP contribution in [0.3, 0.4) is 0 Å². The molecule has 0 aliphatic carbocycles. The lowest BCUT2D eigenvalue weighted by Gasteiger charge is -2.11.